The third-order valence-corrected chi connectivity index (χ3v) is 0.103. The normalized spacial score (nSPS) is 4.80. The summed E-state index contributed by atoms with van der Waals surface area (Å²) in [6.45, 7) is 2.88. The molecule has 0 amide bonds. The summed E-state index contributed by atoms with van der Waals surface area (Å²) < 4.78 is 0. The molecule has 0 fully saturated rings. The van der Waals surface area contributed by atoms with Gasteiger partial charge in [0.1, 0.15) is 6.72 Å². The Morgan fingerprint density at radius 3 is 2.40 bits per heavy atom. The molecule has 4 nitrogen and oxygen atoms in total. The van der Waals surface area contributed by atoms with Gasteiger partial charge in [0.05, 0.1) is 0 Å². The standard InChI is InChI=1S/CH2N4/c1-3-5-4-2/h1H2. The van der Waals surface area contributed by atoms with Gasteiger partial charge < -0.3 is 0 Å². The molecule has 0 spiro atoms. The van der Waals surface area contributed by atoms with E-state index in [4.69, 9.17) is 5.53 Å². The lowest BCUT2D eigenvalue weighted by atomic mass is 11.7. The Bertz CT molecular complexity index is 67.7. The van der Waals surface area contributed by atoms with Crippen molar-refractivity contribution in [2.24, 2.45) is 10.3 Å². The van der Waals surface area contributed by atoms with Gasteiger partial charge in [0.15, 0.2) is 0 Å². The molecule has 0 aromatic carbocycles. The van der Waals surface area contributed by atoms with Crippen LogP contribution in [0.1, 0.15) is 0 Å². The van der Waals surface area contributed by atoms with Crippen molar-refractivity contribution < 1.29 is 0 Å². The molecule has 5 heavy (non-hydrogen) atoms. The zero-order chi connectivity index (χ0) is 4.12. The zero-order valence-electron chi connectivity index (χ0n) is 2.50. The molecule has 0 heterocycles. The molecule has 4 heteroatoms. The molecule has 0 saturated carbocycles. The van der Waals surface area contributed by atoms with E-state index < -0.39 is 0 Å². The van der Waals surface area contributed by atoms with Crippen molar-refractivity contribution in [2.45, 2.75) is 0 Å². The second-order valence-electron chi connectivity index (χ2n) is 0.320. The number of hydrogen-bond acceptors (Lipinski definition) is 1. The van der Waals surface area contributed by atoms with Gasteiger partial charge in [-0.1, -0.05) is 0 Å². The van der Waals surface area contributed by atoms with Crippen LogP contribution in [0.4, 0.5) is 0 Å². The summed E-state index contributed by atoms with van der Waals surface area (Å²) in [7, 11) is 0. The highest BCUT2D eigenvalue weighted by Gasteiger charge is 1.39. The summed E-state index contributed by atoms with van der Waals surface area (Å²) in [5, 5.41) is 5.48. The molecule has 26 valence electrons. The quantitative estimate of drug-likeness (QED) is 0.145. The van der Waals surface area contributed by atoms with Crippen LogP contribution < -0.4 is 0 Å². The SMILES string of the molecule is C=NN=[N+]=[N-]. The summed E-state index contributed by atoms with van der Waals surface area (Å²) in [5.74, 6) is 0. The van der Waals surface area contributed by atoms with Crippen molar-refractivity contribution in [3.05, 3.63) is 10.4 Å². The summed E-state index contributed by atoms with van der Waals surface area (Å²) in [6, 6.07) is 0. The van der Waals surface area contributed by atoms with Gasteiger partial charge in [-0.05, 0) is 5.10 Å². The Kier molecular flexibility index (Phi) is 2.37. The van der Waals surface area contributed by atoms with Crippen molar-refractivity contribution >= 4 is 6.72 Å². The van der Waals surface area contributed by atoms with Crippen LogP contribution in [0.5, 0.6) is 0 Å². The average Bonchev–Trinajstić information content (AvgIpc) is 1.41. The fourth-order valence-corrected chi connectivity index (χ4v) is 0.0283. The van der Waals surface area contributed by atoms with Crippen LogP contribution in [0.25, 0.3) is 10.4 Å². The topological polar surface area (TPSA) is 61.1 Å². The molecular weight excluding hydrogens is 68.0 g/mol. The minimum Gasteiger partial charge on any atom is -0.165 e. The fraction of sp³-hybridized carbons (Fsp3) is 0. The Balaban J connectivity index is 3.31. The van der Waals surface area contributed by atoms with E-state index >= 15 is 0 Å². The van der Waals surface area contributed by atoms with Crippen molar-refractivity contribution in [2.75, 3.05) is 0 Å². The maximum Gasteiger partial charge on any atom is 0.108 e. The number of azide groups is 1. The van der Waals surface area contributed by atoms with Crippen molar-refractivity contribution in [1.29, 1.82) is 0 Å². The monoisotopic (exact) mass is 70.0 g/mol. The summed E-state index contributed by atoms with van der Waals surface area (Å²) in [5.41, 5.74) is 7.39. The Morgan fingerprint density at radius 1 is 1.80 bits per heavy atom. The van der Waals surface area contributed by atoms with Crippen molar-refractivity contribution in [1.82, 2.24) is 0 Å². The number of rotatable bonds is 1. The smallest absolute Gasteiger partial charge is 0.108 e. The Hall–Kier alpha value is -1.02. The van der Waals surface area contributed by atoms with Crippen LogP contribution in [0.3, 0.4) is 0 Å². The van der Waals surface area contributed by atoms with E-state index in [0.717, 1.165) is 0 Å². The molecule has 0 atom stereocenters. The molecule has 0 rings (SSSR count). The lowest BCUT2D eigenvalue weighted by Crippen LogP contribution is -1.27. The van der Waals surface area contributed by atoms with Gasteiger partial charge in [0.25, 0.3) is 0 Å². The van der Waals surface area contributed by atoms with Gasteiger partial charge in [0.2, 0.25) is 0 Å². The van der Waals surface area contributed by atoms with Crippen LogP contribution in [-0.2, 0) is 0 Å². The van der Waals surface area contributed by atoms with Gasteiger partial charge in [-0.2, -0.15) is 4.91 Å². The van der Waals surface area contributed by atoms with Crippen LogP contribution in [0.2, 0.25) is 0 Å². The van der Waals surface area contributed by atoms with Crippen molar-refractivity contribution in [3.63, 3.8) is 0 Å². The van der Waals surface area contributed by atoms with Gasteiger partial charge in [-0.25, -0.2) is 0 Å². The summed E-state index contributed by atoms with van der Waals surface area (Å²) >= 11 is 0. The first-order chi connectivity index (χ1) is 2.41. The van der Waals surface area contributed by atoms with Crippen LogP contribution in [0, 0.1) is 0 Å². The van der Waals surface area contributed by atoms with E-state index in [2.05, 4.69) is 22.0 Å². The summed E-state index contributed by atoms with van der Waals surface area (Å²) in [6.07, 6.45) is 0. The third kappa shape index (κ3) is 2.98. The van der Waals surface area contributed by atoms with Crippen LogP contribution in [0.15, 0.2) is 10.3 Å². The first-order valence-electron chi connectivity index (χ1n) is 0.916. The highest BCUT2D eigenvalue weighted by Crippen LogP contribution is 1.60. The highest BCUT2D eigenvalue weighted by atomic mass is 15.4. The lowest BCUT2D eigenvalue weighted by Gasteiger charge is -1.45. The molecule has 0 bridgehead atoms. The third-order valence-electron chi connectivity index (χ3n) is 0.103. The minimum absolute atomic E-state index is 2.25. The average molecular weight is 70.1 g/mol. The first kappa shape index (κ1) is 3.98. The molecular formula is CH2N4. The molecule has 0 N–H and O–H groups in total. The van der Waals surface area contributed by atoms with Crippen LogP contribution >= 0.6 is 0 Å². The van der Waals surface area contributed by atoms with Gasteiger partial charge >= 0.3 is 0 Å². The number of hydrogen-bond donors (Lipinski definition) is 0. The largest absolute Gasteiger partial charge is 0.165 e. The van der Waals surface area contributed by atoms with Crippen LogP contribution in [-0.4, -0.2) is 6.72 Å². The first-order valence-corrected chi connectivity index (χ1v) is 0.916. The van der Waals surface area contributed by atoms with Crippen molar-refractivity contribution in [3.8, 4) is 0 Å². The molecule has 0 aliphatic carbocycles. The molecule has 0 unspecified atom stereocenters. The molecule has 0 aromatic heterocycles. The highest BCUT2D eigenvalue weighted by molar-refractivity contribution is 5.22. The maximum atomic E-state index is 7.39. The van der Waals surface area contributed by atoms with E-state index in [1.807, 2.05) is 0 Å². The van der Waals surface area contributed by atoms with E-state index in [-0.39, 0.29) is 0 Å². The predicted octanol–water partition coefficient (Wildman–Crippen LogP) is 0.912. The van der Waals surface area contributed by atoms with E-state index in [9.17, 15) is 0 Å². The maximum absolute atomic E-state index is 7.39. The molecule has 0 saturated heterocycles. The van der Waals surface area contributed by atoms with E-state index in [1.165, 1.54) is 0 Å². The Morgan fingerprint density at radius 2 is 2.40 bits per heavy atom. The van der Waals surface area contributed by atoms with E-state index in [1.54, 1.807) is 0 Å². The Labute approximate surface area is 28.7 Å². The zero-order valence-corrected chi connectivity index (χ0v) is 2.50. The van der Waals surface area contributed by atoms with Gasteiger partial charge in [-0.15, -0.1) is 5.53 Å². The molecule has 0 aliphatic heterocycles. The second kappa shape index (κ2) is 2.98. The molecule has 0 radical (unpaired) electrons. The molecule has 0 aromatic rings. The lowest BCUT2D eigenvalue weighted by molar-refractivity contribution is 1.23. The second-order valence-corrected chi connectivity index (χ2v) is 0.320. The predicted molar refractivity (Wildman–Crippen MR) is 18.7 cm³/mol. The van der Waals surface area contributed by atoms with E-state index in [0.29, 0.717) is 0 Å². The van der Waals surface area contributed by atoms with Gasteiger partial charge in [0, 0.05) is 5.22 Å². The number of nitrogens with zero attached hydrogens (tertiary/aromatic N) is 4. The summed E-state index contributed by atoms with van der Waals surface area (Å²) in [4.78, 5) is 2.25. The van der Waals surface area contributed by atoms with Gasteiger partial charge in [-0.3, -0.25) is 0 Å². The minimum atomic E-state index is 2.25. The fourth-order valence-electron chi connectivity index (χ4n) is 0.0283. The molecule has 0 aliphatic rings.